The van der Waals surface area contributed by atoms with E-state index in [1.807, 2.05) is 30.3 Å². The Morgan fingerprint density at radius 1 is 1.31 bits per heavy atom. The molecule has 2 rings (SSSR count). The molecule has 0 bridgehead atoms. The van der Waals surface area contributed by atoms with Crippen LogP contribution >= 0.6 is 0 Å². The summed E-state index contributed by atoms with van der Waals surface area (Å²) in [7, 11) is 0. The van der Waals surface area contributed by atoms with E-state index >= 15 is 0 Å². The second-order valence-electron chi connectivity index (χ2n) is 3.54. The van der Waals surface area contributed by atoms with Crippen LogP contribution < -0.4 is 16.0 Å². The summed E-state index contributed by atoms with van der Waals surface area (Å²) in [5, 5.41) is 1.05. The number of nitrogen functional groups attached to an aromatic ring is 1. The Bertz CT molecular complexity index is 485. The fraction of sp³-hybridized carbons (Fsp3) is 0.250. The molecule has 2 aromatic rings. The van der Waals surface area contributed by atoms with E-state index in [2.05, 4.69) is 17.3 Å². The molecule has 0 aliphatic carbocycles. The zero-order valence-electron chi connectivity index (χ0n) is 9.23. The predicted molar refractivity (Wildman–Crippen MR) is 65.3 cm³/mol. The maximum Gasteiger partial charge on any atom is 0.140 e. The number of anilines is 1. The molecule has 0 aliphatic rings. The van der Waals surface area contributed by atoms with Gasteiger partial charge in [0.25, 0.3) is 0 Å². The number of hydrogen-bond donors (Lipinski definition) is 2. The zero-order chi connectivity index (χ0) is 11.4. The van der Waals surface area contributed by atoms with Gasteiger partial charge >= 0.3 is 0 Å². The summed E-state index contributed by atoms with van der Waals surface area (Å²) in [6, 6.07) is 9.65. The Balaban J connectivity index is 2.32. The van der Waals surface area contributed by atoms with E-state index in [1.165, 1.54) is 0 Å². The number of hydrogen-bond acceptors (Lipinski definition) is 4. The van der Waals surface area contributed by atoms with Crippen LogP contribution in [-0.2, 0) is 0 Å². The molecule has 0 spiro atoms. The highest BCUT2D eigenvalue weighted by molar-refractivity contribution is 5.81. The third-order valence-electron chi connectivity index (χ3n) is 2.28. The molecule has 4 nitrogen and oxygen atoms in total. The van der Waals surface area contributed by atoms with Crippen molar-refractivity contribution in [3.63, 3.8) is 0 Å². The van der Waals surface area contributed by atoms with Crippen molar-refractivity contribution in [3.05, 3.63) is 30.3 Å². The van der Waals surface area contributed by atoms with E-state index in [9.17, 15) is 0 Å². The largest absolute Gasteiger partial charge is 0.494 e. The molecule has 0 atom stereocenters. The number of aromatic nitrogens is 1. The van der Waals surface area contributed by atoms with Crippen molar-refractivity contribution in [3.8, 4) is 5.75 Å². The van der Waals surface area contributed by atoms with E-state index in [4.69, 9.17) is 10.6 Å². The Morgan fingerprint density at radius 2 is 2.19 bits per heavy atom. The number of nitrogens with zero attached hydrogens (tertiary/aromatic N) is 1. The number of fused-ring (bicyclic) bond motifs is 1. The molecule has 0 fully saturated rings. The number of rotatable bonds is 4. The molecule has 1 heterocycles. The first-order valence-electron chi connectivity index (χ1n) is 5.33. The van der Waals surface area contributed by atoms with Crippen LogP contribution in [0.2, 0.25) is 0 Å². The molecular formula is C12H15N3O. The average Bonchev–Trinajstić information content (AvgIpc) is 2.35. The average molecular weight is 217 g/mol. The fourth-order valence-electron chi connectivity index (χ4n) is 1.49. The number of hydrazine groups is 1. The van der Waals surface area contributed by atoms with Gasteiger partial charge in [-0.05, 0) is 36.8 Å². The molecular weight excluding hydrogens is 202 g/mol. The molecule has 1 aromatic carbocycles. The zero-order valence-corrected chi connectivity index (χ0v) is 9.23. The summed E-state index contributed by atoms with van der Waals surface area (Å²) < 4.78 is 5.55. The van der Waals surface area contributed by atoms with Gasteiger partial charge in [0.05, 0.1) is 12.1 Å². The molecule has 84 valence electrons. The lowest BCUT2D eigenvalue weighted by Gasteiger charge is -2.06. The van der Waals surface area contributed by atoms with Crippen molar-refractivity contribution >= 4 is 16.7 Å². The number of nitrogens with one attached hydrogen (secondary N) is 1. The van der Waals surface area contributed by atoms with Crippen LogP contribution in [0.3, 0.4) is 0 Å². The molecule has 0 aliphatic heterocycles. The van der Waals surface area contributed by atoms with Crippen LogP contribution in [0, 0.1) is 0 Å². The maximum atomic E-state index is 5.55. The Hall–Kier alpha value is -1.81. The van der Waals surface area contributed by atoms with Gasteiger partial charge in [0, 0.05) is 5.39 Å². The summed E-state index contributed by atoms with van der Waals surface area (Å²) >= 11 is 0. The van der Waals surface area contributed by atoms with E-state index in [0.29, 0.717) is 5.82 Å². The van der Waals surface area contributed by atoms with Gasteiger partial charge in [-0.25, -0.2) is 10.8 Å². The van der Waals surface area contributed by atoms with Crippen LogP contribution in [0.4, 0.5) is 5.82 Å². The van der Waals surface area contributed by atoms with Crippen LogP contribution in [0.25, 0.3) is 10.9 Å². The first-order chi connectivity index (χ1) is 7.83. The lowest BCUT2D eigenvalue weighted by Crippen LogP contribution is -2.08. The molecule has 3 N–H and O–H groups in total. The standard InChI is InChI=1S/C12H15N3O/c1-2-7-16-10-4-5-11-9(8-10)3-6-12(14-11)15-13/h3-6,8H,2,7,13H2,1H3,(H,14,15). The van der Waals surface area contributed by atoms with Crippen LogP contribution in [0.5, 0.6) is 5.75 Å². The Labute approximate surface area is 94.4 Å². The molecule has 0 unspecified atom stereocenters. The molecule has 0 saturated carbocycles. The number of ether oxygens (including phenoxy) is 1. The van der Waals surface area contributed by atoms with Gasteiger partial charge in [0.15, 0.2) is 0 Å². The van der Waals surface area contributed by atoms with Gasteiger partial charge in [-0.15, -0.1) is 0 Å². The van der Waals surface area contributed by atoms with Gasteiger partial charge in [0.1, 0.15) is 11.6 Å². The molecule has 0 radical (unpaired) electrons. The topological polar surface area (TPSA) is 60.2 Å². The van der Waals surface area contributed by atoms with E-state index in [1.54, 1.807) is 0 Å². The van der Waals surface area contributed by atoms with Gasteiger partial charge in [-0.2, -0.15) is 0 Å². The van der Waals surface area contributed by atoms with Crippen molar-refractivity contribution in [1.29, 1.82) is 0 Å². The van der Waals surface area contributed by atoms with Gasteiger partial charge in [-0.3, -0.25) is 0 Å². The molecule has 16 heavy (non-hydrogen) atoms. The fourth-order valence-corrected chi connectivity index (χ4v) is 1.49. The summed E-state index contributed by atoms with van der Waals surface area (Å²) in [5.41, 5.74) is 3.43. The third kappa shape index (κ3) is 2.23. The minimum absolute atomic E-state index is 0.662. The molecule has 4 heteroatoms. The van der Waals surface area contributed by atoms with Crippen molar-refractivity contribution in [2.75, 3.05) is 12.0 Å². The molecule has 0 amide bonds. The Kier molecular flexibility index (Phi) is 3.22. The maximum absolute atomic E-state index is 5.55. The monoisotopic (exact) mass is 217 g/mol. The number of pyridine rings is 1. The van der Waals surface area contributed by atoms with E-state index < -0.39 is 0 Å². The van der Waals surface area contributed by atoms with E-state index in [-0.39, 0.29) is 0 Å². The van der Waals surface area contributed by atoms with Crippen molar-refractivity contribution in [2.24, 2.45) is 5.84 Å². The second-order valence-corrected chi connectivity index (χ2v) is 3.54. The third-order valence-corrected chi connectivity index (χ3v) is 2.28. The smallest absolute Gasteiger partial charge is 0.140 e. The highest BCUT2D eigenvalue weighted by Crippen LogP contribution is 2.21. The number of benzene rings is 1. The SMILES string of the molecule is CCCOc1ccc2nc(NN)ccc2c1. The predicted octanol–water partition coefficient (Wildman–Crippen LogP) is 2.31. The van der Waals surface area contributed by atoms with Crippen LogP contribution in [0.1, 0.15) is 13.3 Å². The van der Waals surface area contributed by atoms with Gasteiger partial charge in [0.2, 0.25) is 0 Å². The van der Waals surface area contributed by atoms with Crippen molar-refractivity contribution in [1.82, 2.24) is 4.98 Å². The van der Waals surface area contributed by atoms with Crippen LogP contribution in [-0.4, -0.2) is 11.6 Å². The first kappa shape index (κ1) is 10.7. The lowest BCUT2D eigenvalue weighted by molar-refractivity contribution is 0.318. The summed E-state index contributed by atoms with van der Waals surface area (Å²) in [4.78, 5) is 4.32. The van der Waals surface area contributed by atoms with Gasteiger partial charge < -0.3 is 10.2 Å². The summed E-state index contributed by atoms with van der Waals surface area (Å²) in [5.74, 6) is 6.84. The van der Waals surface area contributed by atoms with E-state index in [0.717, 1.165) is 29.7 Å². The minimum atomic E-state index is 0.662. The molecule has 0 saturated heterocycles. The quantitative estimate of drug-likeness (QED) is 0.609. The normalized spacial score (nSPS) is 10.4. The first-order valence-corrected chi connectivity index (χ1v) is 5.33. The molecule has 1 aromatic heterocycles. The van der Waals surface area contributed by atoms with Crippen molar-refractivity contribution in [2.45, 2.75) is 13.3 Å². The number of nitrogens with two attached hydrogens (primary N) is 1. The minimum Gasteiger partial charge on any atom is -0.494 e. The second kappa shape index (κ2) is 4.81. The van der Waals surface area contributed by atoms with Crippen molar-refractivity contribution < 1.29 is 4.74 Å². The summed E-state index contributed by atoms with van der Waals surface area (Å²) in [6.45, 7) is 2.82. The Morgan fingerprint density at radius 3 is 2.94 bits per heavy atom. The summed E-state index contributed by atoms with van der Waals surface area (Å²) in [6.07, 6.45) is 1.01. The lowest BCUT2D eigenvalue weighted by atomic mass is 10.2. The highest BCUT2D eigenvalue weighted by Gasteiger charge is 1.99. The van der Waals surface area contributed by atoms with Crippen LogP contribution in [0.15, 0.2) is 30.3 Å². The highest BCUT2D eigenvalue weighted by atomic mass is 16.5. The van der Waals surface area contributed by atoms with Gasteiger partial charge in [-0.1, -0.05) is 6.92 Å².